The van der Waals surface area contributed by atoms with Crippen LogP contribution in [-0.2, 0) is 13.1 Å². The Kier molecular flexibility index (Phi) is 5.60. The maximum absolute atomic E-state index is 6.28. The minimum Gasteiger partial charge on any atom is -0.297 e. The molecule has 2 aromatic carbocycles. The van der Waals surface area contributed by atoms with E-state index in [-0.39, 0.29) is 0 Å². The Morgan fingerprint density at radius 1 is 0.826 bits per heavy atom. The summed E-state index contributed by atoms with van der Waals surface area (Å²) in [5.41, 5.74) is 3.97. The van der Waals surface area contributed by atoms with Gasteiger partial charge in [0.25, 0.3) is 0 Å². The molecule has 0 amide bonds. The van der Waals surface area contributed by atoms with Crippen LogP contribution in [0.3, 0.4) is 0 Å². The SMILES string of the molecule is Cc1ccccc1CN1CCN(Cc2ccc(Cl)cc2Cl)CC1. The predicted octanol–water partition coefficient (Wildman–Crippen LogP) is 4.62. The molecule has 0 atom stereocenters. The van der Waals surface area contributed by atoms with Gasteiger partial charge in [0.15, 0.2) is 0 Å². The number of hydrogen-bond donors (Lipinski definition) is 0. The molecular formula is C19H22Cl2N2. The summed E-state index contributed by atoms with van der Waals surface area (Å²) in [6.45, 7) is 8.47. The van der Waals surface area contributed by atoms with E-state index in [1.165, 1.54) is 11.1 Å². The summed E-state index contributed by atoms with van der Waals surface area (Å²) in [6, 6.07) is 14.4. The third-order valence-corrected chi connectivity index (χ3v) is 5.12. The first-order valence-electron chi connectivity index (χ1n) is 8.05. The van der Waals surface area contributed by atoms with Crippen LogP contribution < -0.4 is 0 Å². The highest BCUT2D eigenvalue weighted by Crippen LogP contribution is 2.23. The molecule has 0 unspecified atom stereocenters. The van der Waals surface area contributed by atoms with Gasteiger partial charge >= 0.3 is 0 Å². The number of halogens is 2. The molecule has 2 nitrogen and oxygen atoms in total. The molecule has 1 fully saturated rings. The molecular weight excluding hydrogens is 327 g/mol. The molecule has 0 N–H and O–H groups in total. The zero-order valence-electron chi connectivity index (χ0n) is 13.4. The molecule has 1 aliphatic heterocycles. The maximum atomic E-state index is 6.28. The van der Waals surface area contributed by atoms with Crippen molar-refractivity contribution in [2.24, 2.45) is 0 Å². The van der Waals surface area contributed by atoms with E-state index >= 15 is 0 Å². The molecule has 0 spiro atoms. The second kappa shape index (κ2) is 7.67. The summed E-state index contributed by atoms with van der Waals surface area (Å²) in [5.74, 6) is 0. The van der Waals surface area contributed by atoms with Gasteiger partial charge in [-0.15, -0.1) is 0 Å². The molecule has 0 aromatic heterocycles. The molecule has 3 rings (SSSR count). The minimum atomic E-state index is 0.696. The molecule has 122 valence electrons. The number of rotatable bonds is 4. The van der Waals surface area contributed by atoms with Gasteiger partial charge in [0.1, 0.15) is 0 Å². The largest absolute Gasteiger partial charge is 0.297 e. The fourth-order valence-corrected chi connectivity index (χ4v) is 3.49. The van der Waals surface area contributed by atoms with Crippen LogP contribution in [0, 0.1) is 6.92 Å². The fraction of sp³-hybridized carbons (Fsp3) is 0.368. The van der Waals surface area contributed by atoms with Crippen molar-refractivity contribution in [3.05, 3.63) is 69.2 Å². The van der Waals surface area contributed by atoms with E-state index in [1.54, 1.807) is 0 Å². The van der Waals surface area contributed by atoms with Crippen molar-refractivity contribution < 1.29 is 0 Å². The Morgan fingerprint density at radius 2 is 1.43 bits per heavy atom. The van der Waals surface area contributed by atoms with E-state index in [0.29, 0.717) is 5.02 Å². The highest BCUT2D eigenvalue weighted by molar-refractivity contribution is 6.35. The lowest BCUT2D eigenvalue weighted by atomic mass is 10.1. The van der Waals surface area contributed by atoms with Gasteiger partial charge in [-0.25, -0.2) is 0 Å². The van der Waals surface area contributed by atoms with Crippen molar-refractivity contribution in [2.45, 2.75) is 20.0 Å². The maximum Gasteiger partial charge on any atom is 0.0465 e. The van der Waals surface area contributed by atoms with Crippen LogP contribution in [0.15, 0.2) is 42.5 Å². The number of nitrogens with zero attached hydrogens (tertiary/aromatic N) is 2. The van der Waals surface area contributed by atoms with Gasteiger partial charge in [-0.05, 0) is 35.7 Å². The van der Waals surface area contributed by atoms with Crippen molar-refractivity contribution in [3.63, 3.8) is 0 Å². The number of hydrogen-bond acceptors (Lipinski definition) is 2. The standard InChI is InChI=1S/C19H22Cl2N2/c1-15-4-2-3-5-16(15)13-22-8-10-23(11-9-22)14-17-6-7-18(20)12-19(17)21/h2-7,12H,8-11,13-14H2,1H3. The van der Waals surface area contributed by atoms with Gasteiger partial charge in [-0.3, -0.25) is 9.80 Å². The Hall–Kier alpha value is -1.06. The first-order chi connectivity index (χ1) is 11.1. The van der Waals surface area contributed by atoms with Crippen molar-refractivity contribution in [1.29, 1.82) is 0 Å². The minimum absolute atomic E-state index is 0.696. The normalized spacial score (nSPS) is 16.7. The highest BCUT2D eigenvalue weighted by Gasteiger charge is 2.18. The summed E-state index contributed by atoms with van der Waals surface area (Å²) in [5, 5.41) is 1.46. The van der Waals surface area contributed by atoms with Gasteiger partial charge in [0.2, 0.25) is 0 Å². The van der Waals surface area contributed by atoms with Crippen molar-refractivity contribution in [1.82, 2.24) is 9.80 Å². The molecule has 1 saturated heterocycles. The summed E-state index contributed by atoms with van der Waals surface area (Å²) in [7, 11) is 0. The number of benzene rings is 2. The second-order valence-electron chi connectivity index (χ2n) is 6.21. The van der Waals surface area contributed by atoms with Gasteiger partial charge in [-0.1, -0.05) is 53.5 Å². The Labute approximate surface area is 148 Å². The Morgan fingerprint density at radius 3 is 2.04 bits per heavy atom. The molecule has 0 radical (unpaired) electrons. The van der Waals surface area contributed by atoms with Crippen LogP contribution in [0.1, 0.15) is 16.7 Å². The topological polar surface area (TPSA) is 6.48 Å². The first kappa shape index (κ1) is 16.8. The second-order valence-corrected chi connectivity index (χ2v) is 7.06. The smallest absolute Gasteiger partial charge is 0.0465 e. The average Bonchev–Trinajstić information content (AvgIpc) is 2.54. The van der Waals surface area contributed by atoms with E-state index in [4.69, 9.17) is 23.2 Å². The average molecular weight is 349 g/mol. The van der Waals surface area contributed by atoms with Gasteiger partial charge < -0.3 is 0 Å². The van der Waals surface area contributed by atoms with Crippen molar-refractivity contribution in [2.75, 3.05) is 26.2 Å². The molecule has 0 aliphatic carbocycles. The van der Waals surface area contributed by atoms with E-state index in [1.807, 2.05) is 18.2 Å². The van der Waals surface area contributed by atoms with Crippen LogP contribution >= 0.6 is 23.2 Å². The Bertz CT molecular complexity index is 664. The Balaban J connectivity index is 1.53. The van der Waals surface area contributed by atoms with Gasteiger partial charge in [-0.2, -0.15) is 0 Å². The van der Waals surface area contributed by atoms with E-state index in [9.17, 15) is 0 Å². The highest BCUT2D eigenvalue weighted by atomic mass is 35.5. The molecule has 4 heteroatoms. The third kappa shape index (κ3) is 4.48. The van der Waals surface area contributed by atoms with Crippen LogP contribution in [-0.4, -0.2) is 36.0 Å². The number of piperazine rings is 1. The number of aryl methyl sites for hydroxylation is 1. The summed E-state index contributed by atoms with van der Waals surface area (Å²) in [6.07, 6.45) is 0. The quantitative estimate of drug-likeness (QED) is 0.795. The lowest BCUT2D eigenvalue weighted by Crippen LogP contribution is -2.45. The molecule has 1 heterocycles. The summed E-state index contributed by atoms with van der Waals surface area (Å²) in [4.78, 5) is 4.99. The lowest BCUT2D eigenvalue weighted by molar-refractivity contribution is 0.122. The zero-order chi connectivity index (χ0) is 16.2. The molecule has 0 bridgehead atoms. The first-order valence-corrected chi connectivity index (χ1v) is 8.80. The van der Waals surface area contributed by atoms with Crippen LogP contribution in [0.25, 0.3) is 0 Å². The van der Waals surface area contributed by atoms with E-state index < -0.39 is 0 Å². The summed E-state index contributed by atoms with van der Waals surface area (Å²) < 4.78 is 0. The van der Waals surface area contributed by atoms with E-state index in [2.05, 4.69) is 41.0 Å². The monoisotopic (exact) mass is 348 g/mol. The van der Waals surface area contributed by atoms with Crippen molar-refractivity contribution >= 4 is 23.2 Å². The predicted molar refractivity (Wildman–Crippen MR) is 98.2 cm³/mol. The third-order valence-electron chi connectivity index (χ3n) is 4.53. The van der Waals surface area contributed by atoms with Crippen molar-refractivity contribution in [3.8, 4) is 0 Å². The molecule has 23 heavy (non-hydrogen) atoms. The fourth-order valence-electron chi connectivity index (χ4n) is 3.02. The van der Waals surface area contributed by atoms with Crippen LogP contribution in [0.2, 0.25) is 10.0 Å². The van der Waals surface area contributed by atoms with Gasteiger partial charge in [0.05, 0.1) is 0 Å². The van der Waals surface area contributed by atoms with Gasteiger partial charge in [0, 0.05) is 49.3 Å². The zero-order valence-corrected chi connectivity index (χ0v) is 14.9. The molecule has 0 saturated carbocycles. The summed E-state index contributed by atoms with van der Waals surface area (Å²) >= 11 is 12.2. The van der Waals surface area contributed by atoms with Crippen LogP contribution in [0.4, 0.5) is 0 Å². The molecule has 2 aromatic rings. The lowest BCUT2D eigenvalue weighted by Gasteiger charge is -2.35. The van der Waals surface area contributed by atoms with Crippen LogP contribution in [0.5, 0.6) is 0 Å². The molecule has 1 aliphatic rings. The van der Waals surface area contributed by atoms with E-state index in [0.717, 1.165) is 49.9 Å².